The van der Waals surface area contributed by atoms with E-state index >= 15 is 0 Å². The summed E-state index contributed by atoms with van der Waals surface area (Å²) in [5.74, 6) is -0.930. The average molecular weight is 459 g/mol. The van der Waals surface area contributed by atoms with E-state index in [0.29, 0.717) is 30.7 Å². The van der Waals surface area contributed by atoms with Crippen LogP contribution in [0.25, 0.3) is 0 Å². The second-order valence-corrected chi connectivity index (χ2v) is 9.01. The minimum absolute atomic E-state index is 0.171. The van der Waals surface area contributed by atoms with Crippen LogP contribution in [0.1, 0.15) is 57.1 Å². The van der Waals surface area contributed by atoms with Crippen LogP contribution >= 0.6 is 0 Å². The number of benzene rings is 2. The molecule has 1 aliphatic heterocycles. The van der Waals surface area contributed by atoms with E-state index in [9.17, 15) is 9.59 Å². The Morgan fingerprint density at radius 2 is 1.71 bits per heavy atom. The van der Waals surface area contributed by atoms with E-state index in [-0.39, 0.29) is 23.6 Å². The zero-order valence-corrected chi connectivity index (χ0v) is 20.4. The molecule has 0 radical (unpaired) electrons. The molecule has 0 bridgehead atoms. The lowest BCUT2D eigenvalue weighted by atomic mass is 9.69. The highest BCUT2D eigenvalue weighted by molar-refractivity contribution is 6.11. The second kappa shape index (κ2) is 10.8. The molecule has 34 heavy (non-hydrogen) atoms. The van der Waals surface area contributed by atoms with Crippen LogP contribution in [0.4, 0.5) is 5.69 Å². The lowest BCUT2D eigenvalue weighted by Crippen LogP contribution is -2.39. The average Bonchev–Trinajstić information content (AvgIpc) is 2.85. The lowest BCUT2D eigenvalue weighted by Gasteiger charge is -2.35. The minimum Gasteiger partial charge on any atom is -0.462 e. The zero-order valence-electron chi connectivity index (χ0n) is 20.4. The van der Waals surface area contributed by atoms with Gasteiger partial charge in [0.2, 0.25) is 0 Å². The Kier molecular flexibility index (Phi) is 7.61. The first-order valence-corrected chi connectivity index (χ1v) is 12.4. The predicted octanol–water partition coefficient (Wildman–Crippen LogP) is 5.50. The number of allylic oxidation sites excluding steroid dienone is 1. The van der Waals surface area contributed by atoms with E-state index in [4.69, 9.17) is 9.73 Å². The van der Waals surface area contributed by atoms with Crippen LogP contribution in [-0.4, -0.2) is 37.2 Å². The van der Waals surface area contributed by atoms with Gasteiger partial charge >= 0.3 is 5.97 Å². The van der Waals surface area contributed by atoms with Crippen LogP contribution < -0.4 is 4.90 Å². The molecule has 2 aliphatic rings. The first-order valence-electron chi connectivity index (χ1n) is 12.4. The lowest BCUT2D eigenvalue weighted by molar-refractivity contribution is -0.139. The van der Waals surface area contributed by atoms with Crippen molar-refractivity contribution in [2.45, 2.75) is 52.4 Å². The van der Waals surface area contributed by atoms with Gasteiger partial charge < -0.3 is 9.64 Å². The third kappa shape index (κ3) is 4.98. The van der Waals surface area contributed by atoms with E-state index in [1.165, 1.54) is 0 Å². The fourth-order valence-corrected chi connectivity index (χ4v) is 5.21. The summed E-state index contributed by atoms with van der Waals surface area (Å²) < 4.78 is 5.73. The minimum atomic E-state index is -0.381. The molecular formula is C29H34N2O3. The Hall–Kier alpha value is -3.21. The first kappa shape index (κ1) is 23.9. The summed E-state index contributed by atoms with van der Waals surface area (Å²) in [5, 5.41) is 0. The number of rotatable bonds is 8. The number of fused-ring (bicyclic) bond motifs is 1. The summed E-state index contributed by atoms with van der Waals surface area (Å²) in [6.07, 6.45) is 2.82. The van der Waals surface area contributed by atoms with Gasteiger partial charge in [0.15, 0.2) is 0 Å². The van der Waals surface area contributed by atoms with Gasteiger partial charge in [0, 0.05) is 48.9 Å². The number of ketones is 1. The van der Waals surface area contributed by atoms with E-state index in [1.54, 1.807) is 0 Å². The maximum Gasteiger partial charge on any atom is 0.336 e. The molecule has 0 N–H and O–H groups in total. The molecule has 4 rings (SSSR count). The number of ether oxygens (including phenoxy) is 1. The summed E-state index contributed by atoms with van der Waals surface area (Å²) in [6.45, 7) is 8.29. The summed E-state index contributed by atoms with van der Waals surface area (Å²) >= 11 is 0. The molecule has 2 aromatic carbocycles. The Labute approximate surface area is 202 Å². The van der Waals surface area contributed by atoms with Crippen LogP contribution in [0.5, 0.6) is 0 Å². The zero-order chi connectivity index (χ0) is 24.1. The second-order valence-electron chi connectivity index (χ2n) is 9.01. The maximum absolute atomic E-state index is 13.4. The van der Waals surface area contributed by atoms with Crippen molar-refractivity contribution >= 4 is 23.2 Å². The number of carbonyl (C=O) groups is 2. The van der Waals surface area contributed by atoms with E-state index in [2.05, 4.69) is 43.0 Å². The monoisotopic (exact) mass is 458 g/mol. The van der Waals surface area contributed by atoms with Crippen LogP contribution in [0.2, 0.25) is 0 Å². The van der Waals surface area contributed by atoms with Gasteiger partial charge in [0.1, 0.15) is 5.78 Å². The fourth-order valence-electron chi connectivity index (χ4n) is 5.21. The summed E-state index contributed by atoms with van der Waals surface area (Å²) in [7, 11) is 0. The van der Waals surface area contributed by atoms with Gasteiger partial charge in [-0.25, -0.2) is 4.79 Å². The molecule has 2 atom stereocenters. The Morgan fingerprint density at radius 3 is 2.38 bits per heavy atom. The number of carbonyl (C=O) groups excluding carboxylic acids is 2. The molecule has 5 nitrogen and oxygen atoms in total. The Bertz CT molecular complexity index is 1080. The van der Waals surface area contributed by atoms with Gasteiger partial charge in [-0.3, -0.25) is 9.79 Å². The van der Waals surface area contributed by atoms with Crippen molar-refractivity contribution in [3.8, 4) is 0 Å². The van der Waals surface area contributed by atoms with E-state index in [0.717, 1.165) is 48.5 Å². The molecule has 0 amide bonds. The summed E-state index contributed by atoms with van der Waals surface area (Å²) in [6, 6.07) is 18.3. The Balaban J connectivity index is 1.63. The highest BCUT2D eigenvalue weighted by Crippen LogP contribution is 2.43. The number of anilines is 1. The number of Topliss-reactive ketones (excluding diaryl/α,β-unsaturated/α-hetero) is 1. The van der Waals surface area contributed by atoms with Gasteiger partial charge in [0.25, 0.3) is 0 Å². The van der Waals surface area contributed by atoms with Crippen molar-refractivity contribution in [1.29, 1.82) is 0 Å². The molecule has 5 heteroatoms. The van der Waals surface area contributed by atoms with E-state index in [1.807, 2.05) is 37.3 Å². The molecule has 2 aromatic rings. The van der Waals surface area contributed by atoms with Gasteiger partial charge in [0.05, 0.1) is 18.1 Å². The van der Waals surface area contributed by atoms with Crippen molar-refractivity contribution in [2.75, 3.05) is 24.6 Å². The largest absolute Gasteiger partial charge is 0.462 e. The molecule has 1 unspecified atom stereocenters. The highest BCUT2D eigenvalue weighted by atomic mass is 16.5. The predicted molar refractivity (Wildman–Crippen MR) is 136 cm³/mol. The number of aliphatic imine (C=N–C) groups is 1. The number of nitrogens with zero attached hydrogens (tertiary/aromatic N) is 2. The van der Waals surface area contributed by atoms with Gasteiger partial charge in [-0.2, -0.15) is 0 Å². The molecule has 178 valence electrons. The van der Waals surface area contributed by atoms with Crippen LogP contribution in [-0.2, 0) is 20.7 Å². The van der Waals surface area contributed by atoms with Crippen molar-refractivity contribution in [1.82, 2.24) is 0 Å². The normalized spacial score (nSPS) is 20.0. The van der Waals surface area contributed by atoms with Crippen molar-refractivity contribution in [2.24, 2.45) is 10.9 Å². The van der Waals surface area contributed by atoms with Gasteiger partial charge in [-0.1, -0.05) is 42.5 Å². The van der Waals surface area contributed by atoms with Crippen LogP contribution in [0.15, 0.2) is 70.9 Å². The molecule has 0 spiro atoms. The quantitative estimate of drug-likeness (QED) is 0.490. The molecule has 0 saturated heterocycles. The highest BCUT2D eigenvalue weighted by Gasteiger charge is 2.43. The smallest absolute Gasteiger partial charge is 0.336 e. The van der Waals surface area contributed by atoms with Crippen LogP contribution in [0, 0.1) is 5.92 Å². The fraction of sp³-hybridized carbons (Fsp3) is 0.414. The maximum atomic E-state index is 13.4. The third-order valence-electron chi connectivity index (χ3n) is 6.97. The molecule has 1 aliphatic carbocycles. The Morgan fingerprint density at radius 1 is 1.00 bits per heavy atom. The van der Waals surface area contributed by atoms with Crippen molar-refractivity contribution < 1.29 is 14.3 Å². The van der Waals surface area contributed by atoms with Crippen molar-refractivity contribution in [3.63, 3.8) is 0 Å². The van der Waals surface area contributed by atoms with E-state index < -0.39 is 0 Å². The van der Waals surface area contributed by atoms with Crippen molar-refractivity contribution in [3.05, 3.63) is 77.0 Å². The molecule has 1 saturated carbocycles. The summed E-state index contributed by atoms with van der Waals surface area (Å²) in [5.41, 5.74) is 5.33. The number of hydrogen-bond acceptors (Lipinski definition) is 5. The molecular weight excluding hydrogens is 424 g/mol. The third-order valence-corrected chi connectivity index (χ3v) is 6.97. The number of esters is 1. The summed E-state index contributed by atoms with van der Waals surface area (Å²) in [4.78, 5) is 33.5. The topological polar surface area (TPSA) is 59.0 Å². The SMILES string of the molecule is CCN(CC)c1ccc([C@@H]2C(C(=O)OCCc3ccccc3)=C(C)N=C3CCCC(=O)C32)cc1. The van der Waals surface area contributed by atoms with Gasteiger partial charge in [-0.15, -0.1) is 0 Å². The first-order chi connectivity index (χ1) is 16.5. The molecule has 0 aromatic heterocycles. The number of hydrogen-bond donors (Lipinski definition) is 0. The van der Waals surface area contributed by atoms with Crippen LogP contribution in [0.3, 0.4) is 0 Å². The standard InChI is InChI=1S/C29H34N2O3/c1-4-31(5-2)23-16-14-22(15-17-23)27-26(20(3)30-24-12-9-13-25(32)28(24)27)29(33)34-19-18-21-10-7-6-8-11-21/h6-8,10-11,14-17,27-28H,4-5,9,12-13,18-19H2,1-3H3/t27-,28?/m1/s1. The van der Waals surface area contributed by atoms with Gasteiger partial charge in [-0.05, 0) is 56.9 Å². The molecule has 1 fully saturated rings. The molecule has 1 heterocycles.